The number of benzene rings is 4. The van der Waals surface area contributed by atoms with E-state index in [2.05, 4.69) is 5.32 Å². The van der Waals surface area contributed by atoms with Gasteiger partial charge in [-0.2, -0.15) is 0 Å². The topological polar surface area (TPSA) is 141 Å². The molecule has 4 aliphatic rings. The average molecular weight is 768 g/mol. The Labute approximate surface area is 329 Å². The van der Waals surface area contributed by atoms with E-state index in [0.29, 0.717) is 77.1 Å². The summed E-state index contributed by atoms with van der Waals surface area (Å²) in [6, 6.07) is 21.7. The van der Waals surface area contributed by atoms with E-state index in [4.69, 9.17) is 33.7 Å². The lowest BCUT2D eigenvalue weighted by atomic mass is 10.0. The second-order valence-electron chi connectivity index (χ2n) is 13.9. The Balaban J connectivity index is 0.899. The molecule has 290 valence electrons. The highest BCUT2D eigenvalue weighted by molar-refractivity contribution is 6.06. The standard InChI is InChI=1S/C44H41N5O8/c1-26(50)47-31-10-6-27(7-11-31)29-16-32-22-45-37-20-41(39(54-3)18-35(37)43(51)48(32)24-29)56-14-5-15-57-42-21-38-36(19-40(42)55-4)44(52)49-25-30(17-33(49)23-46-38)28-8-12-34(53-2)13-9-28/h6-13,18-25,32-33H,5,14-17H2,1-4H3,(H,47,50). The van der Waals surface area contributed by atoms with Crippen molar-refractivity contribution in [3.05, 3.63) is 107 Å². The SMILES string of the molecule is COc1ccc(C2=CN3C(=O)c4cc(OC)c(OCCCOc5cc6c(cc5OC)C(=O)N5C=C(c7ccc(NC(C)=O)cc7)CC5C=N6)cc4N=CC3C2)cc1. The summed E-state index contributed by atoms with van der Waals surface area (Å²) in [5, 5.41) is 2.77. The van der Waals surface area contributed by atoms with Crippen molar-refractivity contribution in [3.8, 4) is 28.7 Å². The summed E-state index contributed by atoms with van der Waals surface area (Å²) in [7, 11) is 4.70. The molecule has 8 rings (SSSR count). The Hall–Kier alpha value is -6.89. The maximum absolute atomic E-state index is 13.8. The maximum atomic E-state index is 13.8. The van der Waals surface area contributed by atoms with Gasteiger partial charge in [0.1, 0.15) is 5.75 Å². The first-order valence-electron chi connectivity index (χ1n) is 18.6. The summed E-state index contributed by atoms with van der Waals surface area (Å²) in [5.74, 6) is 2.04. The van der Waals surface area contributed by atoms with E-state index >= 15 is 0 Å². The van der Waals surface area contributed by atoms with Gasteiger partial charge in [0.2, 0.25) is 5.91 Å². The van der Waals surface area contributed by atoms with Crippen LogP contribution in [-0.4, -0.2) is 86.6 Å². The van der Waals surface area contributed by atoms with Gasteiger partial charge in [-0.05, 0) is 58.7 Å². The predicted molar refractivity (Wildman–Crippen MR) is 217 cm³/mol. The van der Waals surface area contributed by atoms with E-state index < -0.39 is 0 Å². The largest absolute Gasteiger partial charge is 0.497 e. The zero-order valence-corrected chi connectivity index (χ0v) is 32.0. The molecule has 13 heteroatoms. The molecule has 0 fully saturated rings. The van der Waals surface area contributed by atoms with Gasteiger partial charge in [0.25, 0.3) is 11.8 Å². The van der Waals surface area contributed by atoms with Crippen molar-refractivity contribution in [2.24, 2.45) is 9.98 Å². The monoisotopic (exact) mass is 767 g/mol. The number of amides is 3. The number of nitrogens with zero attached hydrogens (tertiary/aromatic N) is 4. The quantitative estimate of drug-likeness (QED) is 0.147. The molecule has 2 atom stereocenters. The van der Waals surface area contributed by atoms with Crippen LogP contribution in [-0.2, 0) is 4.79 Å². The van der Waals surface area contributed by atoms with Crippen LogP contribution in [0.4, 0.5) is 17.1 Å². The fourth-order valence-electron chi connectivity index (χ4n) is 7.34. The van der Waals surface area contributed by atoms with Crippen molar-refractivity contribution in [1.29, 1.82) is 0 Å². The highest BCUT2D eigenvalue weighted by atomic mass is 16.5. The third kappa shape index (κ3) is 7.43. The molecule has 4 aliphatic heterocycles. The van der Waals surface area contributed by atoms with Crippen molar-refractivity contribution >= 4 is 58.4 Å². The third-order valence-electron chi connectivity index (χ3n) is 10.3. The summed E-state index contributed by atoms with van der Waals surface area (Å²) in [6.45, 7) is 2.05. The van der Waals surface area contributed by atoms with Crippen molar-refractivity contribution in [3.63, 3.8) is 0 Å². The third-order valence-corrected chi connectivity index (χ3v) is 10.3. The van der Waals surface area contributed by atoms with E-state index in [9.17, 15) is 14.4 Å². The number of hydrogen-bond acceptors (Lipinski definition) is 10. The summed E-state index contributed by atoms with van der Waals surface area (Å²) >= 11 is 0. The van der Waals surface area contributed by atoms with Crippen LogP contribution in [0.5, 0.6) is 28.7 Å². The van der Waals surface area contributed by atoms with Crippen LogP contribution in [0.2, 0.25) is 0 Å². The molecule has 0 spiro atoms. The number of fused-ring (bicyclic) bond motifs is 4. The lowest BCUT2D eigenvalue weighted by Crippen LogP contribution is -2.32. The zero-order chi connectivity index (χ0) is 39.6. The Morgan fingerprint density at radius 2 is 1.14 bits per heavy atom. The van der Waals surface area contributed by atoms with Gasteiger partial charge in [-0.15, -0.1) is 0 Å². The van der Waals surface area contributed by atoms with Crippen LogP contribution in [0, 0.1) is 0 Å². The van der Waals surface area contributed by atoms with Gasteiger partial charge in [0, 0.05) is 68.8 Å². The molecule has 0 radical (unpaired) electrons. The number of rotatable bonds is 12. The molecule has 4 aromatic carbocycles. The molecular weight excluding hydrogens is 727 g/mol. The smallest absolute Gasteiger partial charge is 0.260 e. The molecule has 57 heavy (non-hydrogen) atoms. The Morgan fingerprint density at radius 1 is 0.667 bits per heavy atom. The van der Waals surface area contributed by atoms with Crippen LogP contribution < -0.4 is 29.0 Å². The van der Waals surface area contributed by atoms with Crippen molar-refractivity contribution < 1.29 is 38.1 Å². The predicted octanol–water partition coefficient (Wildman–Crippen LogP) is 7.46. The molecule has 0 saturated carbocycles. The highest BCUT2D eigenvalue weighted by Gasteiger charge is 2.35. The molecule has 4 aromatic rings. The van der Waals surface area contributed by atoms with E-state index in [0.717, 1.165) is 28.0 Å². The van der Waals surface area contributed by atoms with Gasteiger partial charge in [-0.25, -0.2) is 0 Å². The summed E-state index contributed by atoms with van der Waals surface area (Å²) in [6.07, 6.45) is 9.10. The first-order valence-corrected chi connectivity index (χ1v) is 18.6. The van der Waals surface area contributed by atoms with Gasteiger partial charge >= 0.3 is 0 Å². The highest BCUT2D eigenvalue weighted by Crippen LogP contribution is 2.42. The van der Waals surface area contributed by atoms with Crippen LogP contribution >= 0.6 is 0 Å². The molecule has 0 bridgehead atoms. The van der Waals surface area contributed by atoms with Gasteiger partial charge < -0.3 is 38.8 Å². The van der Waals surface area contributed by atoms with Gasteiger partial charge in [-0.1, -0.05) is 24.3 Å². The van der Waals surface area contributed by atoms with E-state index in [1.807, 2.05) is 60.9 Å². The Morgan fingerprint density at radius 3 is 1.58 bits per heavy atom. The fraction of sp³-hybridized carbons (Fsp3) is 0.250. The van der Waals surface area contributed by atoms with Gasteiger partial charge in [0.15, 0.2) is 23.0 Å². The second-order valence-corrected chi connectivity index (χ2v) is 13.9. The normalized spacial score (nSPS) is 17.7. The Bertz CT molecular complexity index is 2370. The summed E-state index contributed by atoms with van der Waals surface area (Å²) in [5.41, 5.74) is 6.58. The average Bonchev–Trinajstić information content (AvgIpc) is 3.80. The van der Waals surface area contributed by atoms with Crippen LogP contribution in [0.1, 0.15) is 58.0 Å². The Kier molecular flexibility index (Phi) is 10.2. The fourth-order valence-corrected chi connectivity index (χ4v) is 7.34. The molecule has 0 aliphatic carbocycles. The molecule has 0 aromatic heterocycles. The lowest BCUT2D eigenvalue weighted by molar-refractivity contribution is -0.114. The lowest BCUT2D eigenvalue weighted by Gasteiger charge is -2.19. The van der Waals surface area contributed by atoms with Gasteiger partial charge in [-0.3, -0.25) is 24.4 Å². The number of aliphatic imine (C=N–C) groups is 2. The maximum Gasteiger partial charge on any atom is 0.260 e. The number of carbonyl (C=O) groups excluding carboxylic acids is 3. The number of hydrogen-bond donors (Lipinski definition) is 1. The van der Waals surface area contributed by atoms with Gasteiger partial charge in [0.05, 0.1) is 69.1 Å². The van der Waals surface area contributed by atoms with Crippen LogP contribution in [0.3, 0.4) is 0 Å². The number of methoxy groups -OCH3 is 3. The van der Waals surface area contributed by atoms with Crippen LogP contribution in [0.25, 0.3) is 11.1 Å². The molecular formula is C44H41N5O8. The molecule has 3 amide bonds. The van der Waals surface area contributed by atoms with Crippen LogP contribution in [0.15, 0.2) is 95.2 Å². The minimum atomic E-state index is -0.247. The molecule has 4 heterocycles. The number of anilines is 1. The first-order chi connectivity index (χ1) is 27.7. The van der Waals surface area contributed by atoms with Crippen molar-refractivity contribution in [1.82, 2.24) is 9.80 Å². The summed E-state index contributed by atoms with van der Waals surface area (Å²) < 4.78 is 28.8. The van der Waals surface area contributed by atoms with E-state index in [-0.39, 0.29) is 36.4 Å². The molecule has 0 saturated heterocycles. The molecule has 13 nitrogen and oxygen atoms in total. The molecule has 1 N–H and O–H groups in total. The zero-order valence-electron chi connectivity index (χ0n) is 32.0. The number of nitrogens with one attached hydrogen (secondary N) is 1. The number of ether oxygens (including phenoxy) is 5. The van der Waals surface area contributed by atoms with E-state index in [1.54, 1.807) is 53.6 Å². The first kappa shape index (κ1) is 37.1. The minimum absolute atomic E-state index is 0.136. The summed E-state index contributed by atoms with van der Waals surface area (Å²) in [4.78, 5) is 51.8. The van der Waals surface area contributed by atoms with Crippen molar-refractivity contribution in [2.75, 3.05) is 39.9 Å². The van der Waals surface area contributed by atoms with E-state index in [1.165, 1.54) is 21.1 Å². The minimum Gasteiger partial charge on any atom is -0.497 e. The van der Waals surface area contributed by atoms with Crippen molar-refractivity contribution in [2.45, 2.75) is 38.3 Å². The second kappa shape index (κ2) is 15.7. The molecule has 2 unspecified atom stereocenters. The number of carbonyl (C=O) groups is 3.